The number of hydrogen-bond donors (Lipinski definition) is 0. The van der Waals surface area contributed by atoms with Gasteiger partial charge in [-0.05, 0) is 42.5 Å². The molecular formula is C20H19FN2O2. The summed E-state index contributed by atoms with van der Waals surface area (Å²) in [7, 11) is 1.67. The summed E-state index contributed by atoms with van der Waals surface area (Å²) in [6, 6.07) is 16.5. The normalized spacial score (nSPS) is 17.0. The van der Waals surface area contributed by atoms with Crippen molar-refractivity contribution in [3.63, 3.8) is 0 Å². The van der Waals surface area contributed by atoms with Crippen molar-refractivity contribution in [3.8, 4) is 11.4 Å². The van der Waals surface area contributed by atoms with Gasteiger partial charge in [0.15, 0.2) is 6.23 Å². The number of hydrogen-bond acceptors (Lipinski definition) is 3. The van der Waals surface area contributed by atoms with E-state index in [9.17, 15) is 4.39 Å². The van der Waals surface area contributed by atoms with E-state index >= 15 is 0 Å². The van der Waals surface area contributed by atoms with Gasteiger partial charge in [0, 0.05) is 41.9 Å². The van der Waals surface area contributed by atoms with Crippen LogP contribution in [0.2, 0.25) is 0 Å². The van der Waals surface area contributed by atoms with Crippen molar-refractivity contribution in [1.29, 1.82) is 0 Å². The molecular weight excluding hydrogens is 319 g/mol. The molecule has 1 fully saturated rings. The van der Waals surface area contributed by atoms with Crippen molar-refractivity contribution in [2.45, 2.75) is 6.23 Å². The van der Waals surface area contributed by atoms with Crippen LogP contribution in [0.15, 0.2) is 67.0 Å². The van der Waals surface area contributed by atoms with Crippen molar-refractivity contribution >= 4 is 5.69 Å². The Labute approximate surface area is 146 Å². The first-order valence-electron chi connectivity index (χ1n) is 8.21. The first-order valence-corrected chi connectivity index (χ1v) is 8.21. The van der Waals surface area contributed by atoms with Crippen molar-refractivity contribution in [1.82, 2.24) is 4.57 Å². The zero-order valence-corrected chi connectivity index (χ0v) is 13.9. The van der Waals surface area contributed by atoms with E-state index in [-0.39, 0.29) is 12.0 Å². The maximum Gasteiger partial charge on any atom is 0.158 e. The van der Waals surface area contributed by atoms with Gasteiger partial charge in [-0.2, -0.15) is 0 Å². The highest BCUT2D eigenvalue weighted by Gasteiger charge is 2.28. The monoisotopic (exact) mass is 338 g/mol. The van der Waals surface area contributed by atoms with Crippen LogP contribution in [0.5, 0.6) is 5.75 Å². The summed E-state index contributed by atoms with van der Waals surface area (Å²) in [6.07, 6.45) is 3.85. The van der Waals surface area contributed by atoms with E-state index in [1.54, 1.807) is 19.2 Å². The van der Waals surface area contributed by atoms with Crippen LogP contribution in [0.1, 0.15) is 11.8 Å². The van der Waals surface area contributed by atoms with Gasteiger partial charge in [0.25, 0.3) is 0 Å². The van der Waals surface area contributed by atoms with Gasteiger partial charge in [-0.1, -0.05) is 6.07 Å². The van der Waals surface area contributed by atoms with Crippen LogP contribution in [-0.2, 0) is 4.74 Å². The Bertz CT molecular complexity index is 860. The molecule has 25 heavy (non-hydrogen) atoms. The van der Waals surface area contributed by atoms with Crippen LogP contribution in [-0.4, -0.2) is 24.8 Å². The molecule has 0 aliphatic carbocycles. The quantitative estimate of drug-likeness (QED) is 0.715. The number of ether oxygens (including phenoxy) is 2. The highest BCUT2D eigenvalue weighted by Crippen LogP contribution is 2.34. The van der Waals surface area contributed by atoms with Gasteiger partial charge >= 0.3 is 0 Å². The molecule has 0 N–H and O–H groups in total. The lowest BCUT2D eigenvalue weighted by Crippen LogP contribution is -2.22. The van der Waals surface area contributed by atoms with Crippen LogP contribution in [0.3, 0.4) is 0 Å². The van der Waals surface area contributed by atoms with E-state index < -0.39 is 0 Å². The van der Waals surface area contributed by atoms with E-state index in [0.29, 0.717) is 6.61 Å². The fourth-order valence-electron chi connectivity index (χ4n) is 3.13. The molecule has 0 amide bonds. The van der Waals surface area contributed by atoms with Gasteiger partial charge in [0.05, 0.1) is 13.7 Å². The maximum atomic E-state index is 13.1. The highest BCUT2D eigenvalue weighted by molar-refractivity contribution is 5.53. The van der Waals surface area contributed by atoms with Crippen molar-refractivity contribution < 1.29 is 13.9 Å². The summed E-state index contributed by atoms with van der Waals surface area (Å²) in [6.45, 7) is 1.49. The number of rotatable bonds is 4. The number of benzene rings is 2. The number of aromatic nitrogens is 1. The summed E-state index contributed by atoms with van der Waals surface area (Å²) in [5, 5.41) is 0. The molecule has 1 aliphatic heterocycles. The molecule has 4 rings (SSSR count). The Morgan fingerprint density at radius 1 is 1.08 bits per heavy atom. The Hall–Kier alpha value is -2.79. The number of methoxy groups -OCH3 is 1. The van der Waals surface area contributed by atoms with Crippen molar-refractivity contribution in [2.24, 2.45) is 0 Å². The topological polar surface area (TPSA) is 26.6 Å². The van der Waals surface area contributed by atoms with Crippen molar-refractivity contribution in [3.05, 3.63) is 78.4 Å². The van der Waals surface area contributed by atoms with E-state index in [1.165, 1.54) is 12.1 Å². The molecule has 1 aliphatic rings. The summed E-state index contributed by atoms with van der Waals surface area (Å²) >= 11 is 0. The second-order valence-corrected chi connectivity index (χ2v) is 5.95. The predicted octanol–water partition coefficient (Wildman–Crippen LogP) is 4.16. The van der Waals surface area contributed by atoms with Crippen LogP contribution in [0.4, 0.5) is 10.1 Å². The van der Waals surface area contributed by atoms with Gasteiger partial charge in [0.1, 0.15) is 11.6 Å². The first-order chi connectivity index (χ1) is 12.2. The smallest absolute Gasteiger partial charge is 0.158 e. The van der Waals surface area contributed by atoms with E-state index in [0.717, 1.165) is 29.2 Å². The summed E-state index contributed by atoms with van der Waals surface area (Å²) in [5.74, 6) is 0.589. The van der Waals surface area contributed by atoms with E-state index in [4.69, 9.17) is 9.47 Å². The van der Waals surface area contributed by atoms with Crippen LogP contribution in [0, 0.1) is 5.82 Å². The molecule has 0 spiro atoms. The van der Waals surface area contributed by atoms with Crippen LogP contribution in [0.25, 0.3) is 5.69 Å². The van der Waals surface area contributed by atoms with E-state index in [2.05, 4.69) is 11.0 Å². The number of halogens is 1. The first kappa shape index (κ1) is 15.7. The second-order valence-electron chi connectivity index (χ2n) is 5.95. The van der Waals surface area contributed by atoms with Crippen molar-refractivity contribution in [2.75, 3.05) is 25.2 Å². The second kappa shape index (κ2) is 6.61. The molecule has 2 aromatic carbocycles. The maximum absolute atomic E-state index is 13.1. The third kappa shape index (κ3) is 3.10. The minimum absolute atomic E-state index is 0.145. The molecule has 1 atom stereocenters. The van der Waals surface area contributed by atoms with Crippen LogP contribution < -0.4 is 9.64 Å². The zero-order chi connectivity index (χ0) is 17.2. The third-order valence-corrected chi connectivity index (χ3v) is 4.40. The number of anilines is 1. The van der Waals surface area contributed by atoms with Gasteiger partial charge < -0.3 is 18.9 Å². The lowest BCUT2D eigenvalue weighted by atomic mass is 10.2. The predicted molar refractivity (Wildman–Crippen MR) is 94.8 cm³/mol. The molecule has 1 aromatic heterocycles. The standard InChI is InChI=1S/C20H19FN2O2/c1-24-19-4-2-3-18(13-19)23-11-12-25-20(23)15-9-10-22(14-15)17-7-5-16(21)6-8-17/h2-10,13-14,20H,11-12H2,1H3/t20-/m0/s1. The fraction of sp³-hybridized carbons (Fsp3) is 0.200. The molecule has 1 saturated heterocycles. The molecule has 0 bridgehead atoms. The molecule has 0 radical (unpaired) electrons. The average molecular weight is 338 g/mol. The molecule has 5 heteroatoms. The largest absolute Gasteiger partial charge is 0.497 e. The Balaban J connectivity index is 1.61. The van der Waals surface area contributed by atoms with Gasteiger partial charge in [-0.25, -0.2) is 4.39 Å². The molecule has 0 unspecified atom stereocenters. The highest BCUT2D eigenvalue weighted by atomic mass is 19.1. The van der Waals surface area contributed by atoms with Gasteiger partial charge in [0.2, 0.25) is 0 Å². The summed E-state index contributed by atoms with van der Waals surface area (Å²) in [5.41, 5.74) is 3.04. The molecule has 2 heterocycles. The molecule has 4 nitrogen and oxygen atoms in total. The Kier molecular flexibility index (Phi) is 4.15. The SMILES string of the molecule is COc1cccc(N2CCO[C@H]2c2ccn(-c3ccc(F)cc3)c2)c1. The lowest BCUT2D eigenvalue weighted by molar-refractivity contribution is 0.114. The zero-order valence-electron chi connectivity index (χ0n) is 13.9. The van der Waals surface area contributed by atoms with Crippen LogP contribution >= 0.6 is 0 Å². The average Bonchev–Trinajstić information content (AvgIpc) is 3.31. The Morgan fingerprint density at radius 3 is 2.72 bits per heavy atom. The molecule has 128 valence electrons. The van der Waals surface area contributed by atoms with E-state index in [1.807, 2.05) is 41.2 Å². The minimum atomic E-state index is -0.237. The Morgan fingerprint density at radius 2 is 1.92 bits per heavy atom. The number of nitrogens with zero attached hydrogens (tertiary/aromatic N) is 2. The summed E-state index contributed by atoms with van der Waals surface area (Å²) < 4.78 is 26.4. The fourth-order valence-corrected chi connectivity index (χ4v) is 3.13. The van der Waals surface area contributed by atoms with Gasteiger partial charge in [-0.3, -0.25) is 0 Å². The van der Waals surface area contributed by atoms with Gasteiger partial charge in [-0.15, -0.1) is 0 Å². The minimum Gasteiger partial charge on any atom is -0.497 e. The summed E-state index contributed by atoms with van der Waals surface area (Å²) in [4.78, 5) is 2.22. The third-order valence-electron chi connectivity index (χ3n) is 4.40. The molecule has 3 aromatic rings. The lowest BCUT2D eigenvalue weighted by Gasteiger charge is -2.25. The molecule has 0 saturated carbocycles.